The minimum Gasteiger partial charge on any atom is -0.390 e. The molecule has 2 rings (SSSR count). The van der Waals surface area contributed by atoms with E-state index in [1.807, 2.05) is 18.2 Å². The van der Waals surface area contributed by atoms with E-state index in [2.05, 4.69) is 23.3 Å². The Morgan fingerprint density at radius 1 is 1.33 bits per heavy atom. The Balaban J connectivity index is 2.53. The number of rotatable bonds is 3. The Labute approximate surface area is 88.2 Å². The minimum absolute atomic E-state index is 0.0505. The lowest BCUT2D eigenvalue weighted by atomic mass is 10.1. The van der Waals surface area contributed by atoms with Gasteiger partial charge >= 0.3 is 0 Å². The van der Waals surface area contributed by atoms with Crippen LogP contribution < -0.4 is 0 Å². The van der Waals surface area contributed by atoms with Crippen molar-refractivity contribution < 1.29 is 5.11 Å². The van der Waals surface area contributed by atoms with E-state index in [-0.39, 0.29) is 6.61 Å². The summed E-state index contributed by atoms with van der Waals surface area (Å²) < 4.78 is 1.68. The first kappa shape index (κ1) is 9.86. The third-order valence-electron chi connectivity index (χ3n) is 2.38. The van der Waals surface area contributed by atoms with Crippen molar-refractivity contribution in [2.24, 2.45) is 0 Å². The predicted molar refractivity (Wildman–Crippen MR) is 56.7 cm³/mol. The first-order chi connectivity index (χ1) is 7.36. The van der Waals surface area contributed by atoms with Gasteiger partial charge in [0.15, 0.2) is 0 Å². The van der Waals surface area contributed by atoms with Crippen LogP contribution in [-0.2, 0) is 13.0 Å². The van der Waals surface area contributed by atoms with Crippen LogP contribution in [0.1, 0.15) is 18.2 Å². The molecule has 0 atom stereocenters. The van der Waals surface area contributed by atoms with Crippen LogP contribution in [0.15, 0.2) is 30.5 Å². The number of aryl methyl sites for hydroxylation is 1. The SMILES string of the molecule is CCc1ccccc1-n1nncc1CO. The molecule has 2 aromatic rings. The Kier molecular flexibility index (Phi) is 2.78. The summed E-state index contributed by atoms with van der Waals surface area (Å²) in [6, 6.07) is 7.99. The normalized spacial score (nSPS) is 10.5. The molecule has 15 heavy (non-hydrogen) atoms. The lowest BCUT2D eigenvalue weighted by molar-refractivity contribution is 0.273. The Morgan fingerprint density at radius 3 is 2.87 bits per heavy atom. The van der Waals surface area contributed by atoms with Crippen LogP contribution in [-0.4, -0.2) is 20.1 Å². The molecule has 1 aromatic carbocycles. The van der Waals surface area contributed by atoms with Gasteiger partial charge in [0.25, 0.3) is 0 Å². The first-order valence-electron chi connectivity index (χ1n) is 4.95. The molecule has 0 spiro atoms. The molecule has 0 bridgehead atoms. The molecule has 0 aliphatic heterocycles. The highest BCUT2D eigenvalue weighted by Gasteiger charge is 2.07. The van der Waals surface area contributed by atoms with E-state index in [0.29, 0.717) is 5.69 Å². The Hall–Kier alpha value is -1.68. The molecule has 0 aliphatic carbocycles. The molecule has 0 unspecified atom stereocenters. The second-order valence-electron chi connectivity index (χ2n) is 3.28. The molecule has 1 N–H and O–H groups in total. The van der Waals surface area contributed by atoms with Crippen molar-refractivity contribution in [3.63, 3.8) is 0 Å². The maximum absolute atomic E-state index is 9.13. The molecule has 0 saturated carbocycles. The van der Waals surface area contributed by atoms with Crippen molar-refractivity contribution in [1.29, 1.82) is 0 Å². The van der Waals surface area contributed by atoms with E-state index >= 15 is 0 Å². The van der Waals surface area contributed by atoms with Crippen LogP contribution in [0.4, 0.5) is 0 Å². The highest BCUT2D eigenvalue weighted by molar-refractivity contribution is 5.40. The molecular weight excluding hydrogens is 190 g/mol. The Morgan fingerprint density at radius 2 is 2.13 bits per heavy atom. The molecule has 0 radical (unpaired) electrons. The van der Waals surface area contributed by atoms with Crippen molar-refractivity contribution >= 4 is 0 Å². The van der Waals surface area contributed by atoms with Gasteiger partial charge in [0.1, 0.15) is 0 Å². The minimum atomic E-state index is -0.0505. The summed E-state index contributed by atoms with van der Waals surface area (Å²) in [7, 11) is 0. The number of benzene rings is 1. The molecule has 0 fully saturated rings. The first-order valence-corrected chi connectivity index (χ1v) is 4.95. The zero-order valence-corrected chi connectivity index (χ0v) is 8.59. The topological polar surface area (TPSA) is 50.9 Å². The van der Waals surface area contributed by atoms with E-state index in [1.54, 1.807) is 10.9 Å². The molecular formula is C11H13N3O. The van der Waals surface area contributed by atoms with Gasteiger partial charge in [0.05, 0.1) is 24.2 Å². The summed E-state index contributed by atoms with van der Waals surface area (Å²) in [5.74, 6) is 0. The van der Waals surface area contributed by atoms with Crippen molar-refractivity contribution in [3.8, 4) is 5.69 Å². The number of aliphatic hydroxyl groups is 1. The number of aromatic nitrogens is 3. The second kappa shape index (κ2) is 4.23. The second-order valence-corrected chi connectivity index (χ2v) is 3.28. The number of aliphatic hydroxyl groups excluding tert-OH is 1. The van der Waals surface area contributed by atoms with Gasteiger partial charge in [-0.15, -0.1) is 5.10 Å². The zero-order valence-electron chi connectivity index (χ0n) is 8.59. The van der Waals surface area contributed by atoms with Gasteiger partial charge in [-0.1, -0.05) is 30.3 Å². The average Bonchev–Trinajstić information content (AvgIpc) is 2.76. The van der Waals surface area contributed by atoms with Gasteiger partial charge in [-0.2, -0.15) is 0 Å². The van der Waals surface area contributed by atoms with E-state index < -0.39 is 0 Å². The molecule has 0 aliphatic rings. The van der Waals surface area contributed by atoms with Crippen LogP contribution in [0.5, 0.6) is 0 Å². The van der Waals surface area contributed by atoms with Crippen molar-refractivity contribution in [3.05, 3.63) is 41.7 Å². The third kappa shape index (κ3) is 1.76. The largest absolute Gasteiger partial charge is 0.390 e. The quantitative estimate of drug-likeness (QED) is 0.818. The molecule has 4 nitrogen and oxygen atoms in total. The maximum atomic E-state index is 9.13. The monoisotopic (exact) mass is 203 g/mol. The van der Waals surface area contributed by atoms with Gasteiger partial charge in [0, 0.05) is 0 Å². The summed E-state index contributed by atoms with van der Waals surface area (Å²) in [5.41, 5.74) is 2.88. The molecule has 1 aromatic heterocycles. The number of hydrogen-bond donors (Lipinski definition) is 1. The lowest BCUT2D eigenvalue weighted by Crippen LogP contribution is -2.05. The van der Waals surface area contributed by atoms with Crippen LogP contribution in [0.3, 0.4) is 0 Å². The molecule has 4 heteroatoms. The van der Waals surface area contributed by atoms with E-state index in [4.69, 9.17) is 5.11 Å². The van der Waals surface area contributed by atoms with Gasteiger partial charge in [-0.25, -0.2) is 4.68 Å². The molecule has 78 valence electrons. The van der Waals surface area contributed by atoms with Gasteiger partial charge < -0.3 is 5.11 Å². The van der Waals surface area contributed by atoms with Crippen molar-refractivity contribution in [2.45, 2.75) is 20.0 Å². The van der Waals surface area contributed by atoms with Crippen LogP contribution in [0.2, 0.25) is 0 Å². The van der Waals surface area contributed by atoms with E-state index in [9.17, 15) is 0 Å². The zero-order chi connectivity index (χ0) is 10.7. The summed E-state index contributed by atoms with van der Waals surface area (Å²) in [6.45, 7) is 2.04. The van der Waals surface area contributed by atoms with Crippen molar-refractivity contribution in [1.82, 2.24) is 15.0 Å². The average molecular weight is 203 g/mol. The number of nitrogens with zero attached hydrogens (tertiary/aromatic N) is 3. The van der Waals surface area contributed by atoms with Gasteiger partial charge in [-0.05, 0) is 18.1 Å². The fourth-order valence-corrected chi connectivity index (χ4v) is 1.58. The molecule has 1 heterocycles. The smallest absolute Gasteiger partial charge is 0.0900 e. The van der Waals surface area contributed by atoms with Crippen molar-refractivity contribution in [2.75, 3.05) is 0 Å². The number of hydrogen-bond acceptors (Lipinski definition) is 3. The fourth-order valence-electron chi connectivity index (χ4n) is 1.58. The molecule has 0 amide bonds. The van der Waals surface area contributed by atoms with Crippen LogP contribution >= 0.6 is 0 Å². The standard InChI is InChI=1S/C11H13N3O/c1-2-9-5-3-4-6-11(9)14-10(8-15)7-12-13-14/h3-7,15H,2,8H2,1H3. The Bertz CT molecular complexity index is 451. The van der Waals surface area contributed by atoms with Crippen LogP contribution in [0, 0.1) is 0 Å². The number of para-hydroxylation sites is 1. The summed E-state index contributed by atoms with van der Waals surface area (Å²) in [5, 5.41) is 16.9. The molecule has 0 saturated heterocycles. The highest BCUT2D eigenvalue weighted by Crippen LogP contribution is 2.15. The van der Waals surface area contributed by atoms with E-state index in [0.717, 1.165) is 12.1 Å². The third-order valence-corrected chi connectivity index (χ3v) is 2.38. The van der Waals surface area contributed by atoms with E-state index in [1.165, 1.54) is 5.56 Å². The summed E-state index contributed by atoms with van der Waals surface area (Å²) in [6.07, 6.45) is 2.51. The maximum Gasteiger partial charge on any atom is 0.0900 e. The predicted octanol–water partition coefficient (Wildman–Crippen LogP) is 1.32. The van der Waals surface area contributed by atoms with Gasteiger partial charge in [0.2, 0.25) is 0 Å². The van der Waals surface area contributed by atoms with Gasteiger partial charge in [-0.3, -0.25) is 0 Å². The fraction of sp³-hybridized carbons (Fsp3) is 0.273. The van der Waals surface area contributed by atoms with Crippen LogP contribution in [0.25, 0.3) is 5.69 Å². The summed E-state index contributed by atoms with van der Waals surface area (Å²) >= 11 is 0. The summed E-state index contributed by atoms with van der Waals surface area (Å²) in [4.78, 5) is 0. The highest BCUT2D eigenvalue weighted by atomic mass is 16.3. The lowest BCUT2D eigenvalue weighted by Gasteiger charge is -2.08.